The molecule has 0 unspecified atom stereocenters. The van der Waals surface area contributed by atoms with E-state index >= 15 is 0 Å². The predicted octanol–water partition coefficient (Wildman–Crippen LogP) is 2.88. The minimum Gasteiger partial charge on any atom is -0.457 e. The fourth-order valence-corrected chi connectivity index (χ4v) is 2.10. The molecule has 0 saturated heterocycles. The maximum Gasteiger partial charge on any atom is 0.339 e. The quantitative estimate of drug-likeness (QED) is 0.665. The van der Waals surface area contributed by atoms with Crippen LogP contribution in [0.5, 0.6) is 0 Å². The molecule has 2 aromatic carbocycles. The third-order valence-corrected chi connectivity index (χ3v) is 3.71. The second-order valence-corrected chi connectivity index (χ2v) is 5.05. The molecular weight excluding hydrogens is 322 g/mol. The topological polar surface area (TPSA) is 72.6 Å². The van der Waals surface area contributed by atoms with Gasteiger partial charge >= 0.3 is 5.97 Å². The highest BCUT2D eigenvalue weighted by atomic mass is 79.9. The minimum atomic E-state index is -0.435. The number of halogens is 1. The molecule has 0 aliphatic carbocycles. The van der Waals surface area contributed by atoms with E-state index in [1.54, 1.807) is 30.3 Å². The first-order chi connectivity index (χ1) is 9.61. The third-order valence-electron chi connectivity index (χ3n) is 2.82. The lowest BCUT2D eigenvalue weighted by atomic mass is 10.1. The summed E-state index contributed by atoms with van der Waals surface area (Å²) in [5, 5.41) is 8.95. The number of anilines is 1. The van der Waals surface area contributed by atoms with Gasteiger partial charge in [-0.25, -0.2) is 4.79 Å². The fraction of sp³-hybridized carbons (Fsp3) is 0.133. The standard InChI is InChI=1S/C15H14BrNO3/c16-14-12(2-1-3-13(14)17)15(19)20-9-11-6-4-10(8-18)5-7-11/h1-7,18H,8-9,17H2. The van der Waals surface area contributed by atoms with Crippen LogP contribution in [0, 0.1) is 0 Å². The summed E-state index contributed by atoms with van der Waals surface area (Å²) in [4.78, 5) is 12.0. The number of aliphatic hydroxyl groups excluding tert-OH is 1. The van der Waals surface area contributed by atoms with Gasteiger partial charge in [-0.2, -0.15) is 0 Å². The first-order valence-electron chi connectivity index (χ1n) is 6.01. The van der Waals surface area contributed by atoms with Crippen LogP contribution in [0.1, 0.15) is 21.5 Å². The maximum atomic E-state index is 12.0. The Balaban J connectivity index is 2.02. The Morgan fingerprint density at radius 2 is 1.80 bits per heavy atom. The zero-order valence-corrected chi connectivity index (χ0v) is 12.3. The lowest BCUT2D eigenvalue weighted by Gasteiger charge is -2.08. The zero-order valence-electron chi connectivity index (χ0n) is 10.7. The van der Waals surface area contributed by atoms with Crippen molar-refractivity contribution >= 4 is 27.6 Å². The molecule has 4 nitrogen and oxygen atoms in total. The highest BCUT2D eigenvalue weighted by Crippen LogP contribution is 2.24. The van der Waals surface area contributed by atoms with E-state index in [0.717, 1.165) is 11.1 Å². The number of nitrogen functional groups attached to an aromatic ring is 1. The third kappa shape index (κ3) is 3.37. The predicted molar refractivity (Wildman–Crippen MR) is 80.0 cm³/mol. The van der Waals surface area contributed by atoms with Gasteiger partial charge in [0, 0.05) is 5.69 Å². The largest absolute Gasteiger partial charge is 0.457 e. The van der Waals surface area contributed by atoms with Crippen LogP contribution in [0.25, 0.3) is 0 Å². The van der Waals surface area contributed by atoms with Gasteiger partial charge in [-0.1, -0.05) is 30.3 Å². The Kier molecular flexibility index (Phi) is 4.76. The molecule has 0 aromatic heterocycles. The smallest absolute Gasteiger partial charge is 0.339 e. The number of nitrogens with two attached hydrogens (primary N) is 1. The van der Waals surface area contributed by atoms with Gasteiger partial charge < -0.3 is 15.6 Å². The second kappa shape index (κ2) is 6.54. The molecule has 0 aliphatic heterocycles. The van der Waals surface area contributed by atoms with Crippen molar-refractivity contribution in [3.05, 3.63) is 63.6 Å². The van der Waals surface area contributed by atoms with Crippen molar-refractivity contribution < 1.29 is 14.6 Å². The molecule has 3 N–H and O–H groups in total. The van der Waals surface area contributed by atoms with Crippen molar-refractivity contribution in [2.24, 2.45) is 0 Å². The summed E-state index contributed by atoms with van der Waals surface area (Å²) >= 11 is 3.27. The lowest BCUT2D eigenvalue weighted by molar-refractivity contribution is 0.0471. The monoisotopic (exact) mass is 335 g/mol. The van der Waals surface area contributed by atoms with Crippen molar-refractivity contribution in [2.45, 2.75) is 13.2 Å². The van der Waals surface area contributed by atoms with E-state index in [-0.39, 0.29) is 13.2 Å². The molecule has 0 radical (unpaired) electrons. The van der Waals surface area contributed by atoms with Crippen LogP contribution in [0.3, 0.4) is 0 Å². The first kappa shape index (κ1) is 14.6. The summed E-state index contributed by atoms with van der Waals surface area (Å²) in [6.45, 7) is 0.169. The zero-order chi connectivity index (χ0) is 14.5. The van der Waals surface area contributed by atoms with Crippen LogP contribution in [0.15, 0.2) is 46.9 Å². The van der Waals surface area contributed by atoms with Crippen molar-refractivity contribution in [1.29, 1.82) is 0 Å². The number of esters is 1. The van der Waals surface area contributed by atoms with Crippen LogP contribution in [0.4, 0.5) is 5.69 Å². The van der Waals surface area contributed by atoms with E-state index in [9.17, 15) is 4.79 Å². The Bertz CT molecular complexity index is 611. The van der Waals surface area contributed by atoms with Crippen LogP contribution < -0.4 is 5.73 Å². The molecule has 104 valence electrons. The van der Waals surface area contributed by atoms with Crippen molar-refractivity contribution in [3.63, 3.8) is 0 Å². The molecule has 2 aromatic rings. The van der Waals surface area contributed by atoms with Gasteiger partial charge in [-0.15, -0.1) is 0 Å². The average Bonchev–Trinajstić information content (AvgIpc) is 2.48. The Morgan fingerprint density at radius 3 is 2.45 bits per heavy atom. The summed E-state index contributed by atoms with van der Waals surface area (Å²) in [5.74, 6) is -0.435. The van der Waals surface area contributed by atoms with Gasteiger partial charge in [0.15, 0.2) is 0 Å². The highest BCUT2D eigenvalue weighted by molar-refractivity contribution is 9.10. The molecule has 20 heavy (non-hydrogen) atoms. The Morgan fingerprint density at radius 1 is 1.15 bits per heavy atom. The van der Waals surface area contributed by atoms with Crippen molar-refractivity contribution in [2.75, 3.05) is 5.73 Å². The Hall–Kier alpha value is -1.85. The molecule has 0 aliphatic rings. The molecule has 0 bridgehead atoms. The normalized spacial score (nSPS) is 10.3. The van der Waals surface area contributed by atoms with Crippen LogP contribution >= 0.6 is 15.9 Å². The molecule has 0 saturated carbocycles. The number of hydrogen-bond donors (Lipinski definition) is 2. The highest BCUT2D eigenvalue weighted by Gasteiger charge is 2.13. The van der Waals surface area contributed by atoms with Gasteiger partial charge in [0.1, 0.15) is 6.61 Å². The van der Waals surface area contributed by atoms with E-state index in [1.807, 2.05) is 12.1 Å². The number of ether oxygens (including phenoxy) is 1. The van der Waals surface area contributed by atoms with Crippen molar-refractivity contribution in [1.82, 2.24) is 0 Å². The number of benzene rings is 2. The Labute approximate surface area is 125 Å². The summed E-state index contributed by atoms with van der Waals surface area (Å²) in [5.41, 5.74) is 8.29. The summed E-state index contributed by atoms with van der Waals surface area (Å²) < 4.78 is 5.78. The number of carbonyl (C=O) groups is 1. The van der Waals surface area contributed by atoms with Crippen molar-refractivity contribution in [3.8, 4) is 0 Å². The van der Waals surface area contributed by atoms with E-state index in [2.05, 4.69) is 15.9 Å². The van der Waals surface area contributed by atoms with Gasteiger partial charge in [-0.3, -0.25) is 0 Å². The van der Waals surface area contributed by atoms with Gasteiger partial charge in [0.05, 0.1) is 16.6 Å². The van der Waals surface area contributed by atoms with Crippen LogP contribution in [-0.2, 0) is 18.0 Å². The first-order valence-corrected chi connectivity index (χ1v) is 6.81. The fourth-order valence-electron chi connectivity index (χ4n) is 1.68. The lowest BCUT2D eigenvalue weighted by Crippen LogP contribution is -2.07. The second-order valence-electron chi connectivity index (χ2n) is 4.26. The maximum absolute atomic E-state index is 12.0. The van der Waals surface area contributed by atoms with Gasteiger partial charge in [0.25, 0.3) is 0 Å². The molecular formula is C15H14BrNO3. The molecule has 0 spiro atoms. The van der Waals surface area contributed by atoms with Gasteiger partial charge in [-0.05, 0) is 39.2 Å². The van der Waals surface area contributed by atoms with Gasteiger partial charge in [0.2, 0.25) is 0 Å². The summed E-state index contributed by atoms with van der Waals surface area (Å²) in [6.07, 6.45) is 0. The van der Waals surface area contributed by atoms with E-state index < -0.39 is 5.97 Å². The molecule has 0 atom stereocenters. The number of aliphatic hydroxyl groups is 1. The van der Waals surface area contributed by atoms with E-state index in [0.29, 0.717) is 15.7 Å². The van der Waals surface area contributed by atoms with Crippen LogP contribution in [-0.4, -0.2) is 11.1 Å². The molecule has 2 rings (SSSR count). The SMILES string of the molecule is Nc1cccc(C(=O)OCc2ccc(CO)cc2)c1Br. The molecule has 5 heteroatoms. The van der Waals surface area contributed by atoms with Crippen LogP contribution in [0.2, 0.25) is 0 Å². The van der Waals surface area contributed by atoms with E-state index in [1.165, 1.54) is 0 Å². The molecule has 0 fully saturated rings. The minimum absolute atomic E-state index is 0.00366. The molecule has 0 heterocycles. The number of rotatable bonds is 4. The summed E-state index contributed by atoms with van der Waals surface area (Å²) in [7, 11) is 0. The summed E-state index contributed by atoms with van der Waals surface area (Å²) in [6, 6.07) is 12.3. The molecule has 0 amide bonds. The number of hydrogen-bond acceptors (Lipinski definition) is 4. The number of carbonyl (C=O) groups excluding carboxylic acids is 1. The average molecular weight is 336 g/mol. The van der Waals surface area contributed by atoms with E-state index in [4.69, 9.17) is 15.6 Å².